The molecule has 6 nitrogen and oxygen atoms in total. The summed E-state index contributed by atoms with van der Waals surface area (Å²) in [5.41, 5.74) is 10.6. The maximum atomic E-state index is 11.3. The fourth-order valence-corrected chi connectivity index (χ4v) is 2.89. The predicted molar refractivity (Wildman–Crippen MR) is 76.4 cm³/mol. The Morgan fingerprint density at radius 1 is 1.30 bits per heavy atom. The predicted octanol–water partition coefficient (Wildman–Crippen LogP) is 0.993. The number of nitrogens with two attached hydrogens (primary N) is 1. The van der Waals surface area contributed by atoms with Crippen LogP contribution in [0.2, 0.25) is 0 Å². The van der Waals surface area contributed by atoms with Gasteiger partial charge in [0.15, 0.2) is 0 Å². The lowest BCUT2D eigenvalue weighted by atomic mass is 10.0. The van der Waals surface area contributed by atoms with Gasteiger partial charge in [-0.25, -0.2) is 9.78 Å². The molecule has 4 N–H and O–H groups in total. The SMILES string of the molecule is NC1CCn2cnc(-c3ccc4[nH]c(=O)[nH]c4c3)c2C1. The number of aromatic amines is 2. The van der Waals surface area contributed by atoms with E-state index >= 15 is 0 Å². The van der Waals surface area contributed by atoms with Crippen LogP contribution in [0, 0.1) is 0 Å². The molecule has 20 heavy (non-hydrogen) atoms. The van der Waals surface area contributed by atoms with E-state index in [1.165, 1.54) is 5.69 Å². The molecule has 102 valence electrons. The van der Waals surface area contributed by atoms with Crippen molar-refractivity contribution in [2.45, 2.75) is 25.4 Å². The first kappa shape index (κ1) is 11.5. The maximum Gasteiger partial charge on any atom is 0.323 e. The van der Waals surface area contributed by atoms with Crippen LogP contribution in [0.1, 0.15) is 12.1 Å². The molecule has 2 aromatic heterocycles. The van der Waals surface area contributed by atoms with Crippen LogP contribution in [0.15, 0.2) is 29.3 Å². The van der Waals surface area contributed by atoms with Gasteiger partial charge in [0.05, 0.1) is 23.1 Å². The van der Waals surface area contributed by atoms with Crippen molar-refractivity contribution >= 4 is 11.0 Å². The largest absolute Gasteiger partial charge is 0.334 e. The van der Waals surface area contributed by atoms with Crippen LogP contribution >= 0.6 is 0 Å². The number of nitrogens with zero attached hydrogens (tertiary/aromatic N) is 2. The minimum absolute atomic E-state index is 0.189. The zero-order valence-electron chi connectivity index (χ0n) is 10.9. The number of fused-ring (bicyclic) bond motifs is 2. The average molecular weight is 269 g/mol. The van der Waals surface area contributed by atoms with Gasteiger partial charge in [-0.05, 0) is 18.6 Å². The van der Waals surface area contributed by atoms with Crippen LogP contribution in [0.25, 0.3) is 22.3 Å². The molecular formula is C14H15N5O. The van der Waals surface area contributed by atoms with E-state index in [-0.39, 0.29) is 11.7 Å². The van der Waals surface area contributed by atoms with Crippen LogP contribution in [-0.4, -0.2) is 25.6 Å². The van der Waals surface area contributed by atoms with Crippen molar-refractivity contribution in [2.24, 2.45) is 5.73 Å². The van der Waals surface area contributed by atoms with Crippen LogP contribution in [-0.2, 0) is 13.0 Å². The highest BCUT2D eigenvalue weighted by molar-refractivity contribution is 5.81. The number of hydrogen-bond acceptors (Lipinski definition) is 3. The van der Waals surface area contributed by atoms with Gasteiger partial charge in [-0.15, -0.1) is 0 Å². The Hall–Kier alpha value is -2.34. The molecule has 3 heterocycles. The molecule has 0 aliphatic carbocycles. The topological polar surface area (TPSA) is 92.5 Å². The van der Waals surface area contributed by atoms with Crippen molar-refractivity contribution in [3.05, 3.63) is 40.7 Å². The first-order valence-electron chi connectivity index (χ1n) is 6.73. The van der Waals surface area contributed by atoms with Gasteiger partial charge in [-0.1, -0.05) is 6.07 Å². The Balaban J connectivity index is 1.86. The third-order valence-electron chi connectivity index (χ3n) is 3.93. The standard InChI is InChI=1S/C14H15N5O/c15-9-3-4-19-7-16-13(12(19)6-9)8-1-2-10-11(5-8)18-14(20)17-10/h1-2,5,7,9H,3-4,6,15H2,(H2,17,18,20). The fraction of sp³-hybridized carbons (Fsp3) is 0.286. The van der Waals surface area contributed by atoms with E-state index in [0.717, 1.165) is 41.7 Å². The summed E-state index contributed by atoms with van der Waals surface area (Å²) in [4.78, 5) is 21.4. The molecule has 1 unspecified atom stereocenters. The lowest BCUT2D eigenvalue weighted by Gasteiger charge is -2.21. The molecule has 6 heteroatoms. The van der Waals surface area contributed by atoms with Gasteiger partial charge in [0.1, 0.15) is 0 Å². The molecule has 1 aliphatic rings. The zero-order chi connectivity index (χ0) is 13.7. The quantitative estimate of drug-likeness (QED) is 0.615. The Bertz CT molecular complexity index is 841. The van der Waals surface area contributed by atoms with E-state index < -0.39 is 0 Å². The molecular weight excluding hydrogens is 254 g/mol. The number of benzene rings is 1. The Morgan fingerprint density at radius 2 is 2.15 bits per heavy atom. The number of hydrogen-bond donors (Lipinski definition) is 3. The lowest BCUT2D eigenvalue weighted by molar-refractivity contribution is 0.472. The molecule has 0 bridgehead atoms. The molecule has 4 rings (SSSR count). The Morgan fingerprint density at radius 3 is 3.05 bits per heavy atom. The zero-order valence-corrected chi connectivity index (χ0v) is 10.9. The maximum absolute atomic E-state index is 11.3. The molecule has 0 spiro atoms. The number of rotatable bonds is 1. The number of imidazole rings is 2. The van der Waals surface area contributed by atoms with Gasteiger partial charge < -0.3 is 20.3 Å². The molecule has 0 saturated carbocycles. The first-order chi connectivity index (χ1) is 9.70. The summed E-state index contributed by atoms with van der Waals surface area (Å²) in [6, 6.07) is 6.04. The average Bonchev–Trinajstić information content (AvgIpc) is 2.99. The van der Waals surface area contributed by atoms with Gasteiger partial charge in [0.25, 0.3) is 0 Å². The van der Waals surface area contributed by atoms with E-state index in [9.17, 15) is 4.79 Å². The molecule has 3 aromatic rings. The molecule has 0 saturated heterocycles. The van der Waals surface area contributed by atoms with E-state index in [1.54, 1.807) is 0 Å². The van der Waals surface area contributed by atoms with E-state index in [0.29, 0.717) is 0 Å². The second-order valence-corrected chi connectivity index (χ2v) is 5.33. The number of H-pyrrole nitrogens is 2. The van der Waals surface area contributed by atoms with Crippen molar-refractivity contribution < 1.29 is 0 Å². The second-order valence-electron chi connectivity index (χ2n) is 5.33. The van der Waals surface area contributed by atoms with Crippen LogP contribution in [0.4, 0.5) is 0 Å². The molecule has 1 aromatic carbocycles. The van der Waals surface area contributed by atoms with E-state index in [1.807, 2.05) is 24.5 Å². The van der Waals surface area contributed by atoms with Crippen LogP contribution in [0.3, 0.4) is 0 Å². The summed E-state index contributed by atoms with van der Waals surface area (Å²) in [5, 5.41) is 0. The lowest BCUT2D eigenvalue weighted by Crippen LogP contribution is -2.30. The number of aryl methyl sites for hydroxylation is 1. The summed E-state index contributed by atoms with van der Waals surface area (Å²) in [5.74, 6) is 0. The summed E-state index contributed by atoms with van der Waals surface area (Å²) in [6.07, 6.45) is 3.71. The number of aromatic nitrogens is 4. The molecule has 0 fully saturated rings. The Labute approximate surface area is 114 Å². The second kappa shape index (κ2) is 4.08. The van der Waals surface area contributed by atoms with Gasteiger partial charge in [0.2, 0.25) is 0 Å². The van der Waals surface area contributed by atoms with Crippen molar-refractivity contribution in [1.82, 2.24) is 19.5 Å². The van der Waals surface area contributed by atoms with Crippen molar-refractivity contribution in [3.63, 3.8) is 0 Å². The minimum Gasteiger partial charge on any atom is -0.334 e. The van der Waals surface area contributed by atoms with Crippen molar-refractivity contribution in [1.29, 1.82) is 0 Å². The molecule has 1 aliphatic heterocycles. The summed E-state index contributed by atoms with van der Waals surface area (Å²) in [7, 11) is 0. The monoisotopic (exact) mass is 269 g/mol. The Kier molecular flexibility index (Phi) is 2.34. The summed E-state index contributed by atoms with van der Waals surface area (Å²) < 4.78 is 2.17. The normalized spacial score (nSPS) is 18.4. The van der Waals surface area contributed by atoms with E-state index in [2.05, 4.69) is 19.5 Å². The molecule has 1 atom stereocenters. The van der Waals surface area contributed by atoms with Crippen LogP contribution in [0.5, 0.6) is 0 Å². The van der Waals surface area contributed by atoms with Gasteiger partial charge in [0, 0.05) is 30.3 Å². The van der Waals surface area contributed by atoms with Crippen molar-refractivity contribution in [3.8, 4) is 11.3 Å². The summed E-state index contributed by atoms with van der Waals surface area (Å²) in [6.45, 7) is 0.923. The van der Waals surface area contributed by atoms with Gasteiger partial charge in [-0.3, -0.25) is 0 Å². The van der Waals surface area contributed by atoms with Crippen molar-refractivity contribution in [2.75, 3.05) is 0 Å². The minimum atomic E-state index is -0.189. The fourth-order valence-electron chi connectivity index (χ4n) is 2.89. The third-order valence-corrected chi connectivity index (χ3v) is 3.93. The molecule has 0 radical (unpaired) electrons. The summed E-state index contributed by atoms with van der Waals surface area (Å²) >= 11 is 0. The van der Waals surface area contributed by atoms with E-state index in [4.69, 9.17) is 5.73 Å². The highest BCUT2D eigenvalue weighted by Crippen LogP contribution is 2.27. The van der Waals surface area contributed by atoms with Gasteiger partial charge in [-0.2, -0.15) is 0 Å². The highest BCUT2D eigenvalue weighted by Gasteiger charge is 2.20. The molecule has 0 amide bonds. The van der Waals surface area contributed by atoms with Crippen LogP contribution < -0.4 is 11.4 Å². The number of nitrogens with one attached hydrogen (secondary N) is 2. The smallest absolute Gasteiger partial charge is 0.323 e. The van der Waals surface area contributed by atoms with Gasteiger partial charge >= 0.3 is 5.69 Å². The highest BCUT2D eigenvalue weighted by atomic mass is 16.1. The third kappa shape index (κ3) is 1.69. The first-order valence-corrected chi connectivity index (χ1v) is 6.73.